The Kier molecular flexibility index (Phi) is 4.64. The Labute approximate surface area is 111 Å². The van der Waals surface area contributed by atoms with Crippen LogP contribution in [-0.2, 0) is 9.47 Å². The second-order valence-corrected chi connectivity index (χ2v) is 6.05. The van der Waals surface area contributed by atoms with Gasteiger partial charge in [0, 0.05) is 26.2 Å². The second kappa shape index (κ2) is 5.87. The first-order chi connectivity index (χ1) is 8.45. The highest BCUT2D eigenvalue weighted by molar-refractivity contribution is 4.82. The van der Waals surface area contributed by atoms with Crippen molar-refractivity contribution in [3.63, 3.8) is 0 Å². The first kappa shape index (κ1) is 14.3. The Morgan fingerprint density at radius 1 is 0.722 bits per heavy atom. The predicted molar refractivity (Wildman–Crippen MR) is 72.6 cm³/mol. The van der Waals surface area contributed by atoms with Crippen LogP contribution in [0.3, 0.4) is 0 Å². The molecule has 2 heterocycles. The first-order valence-corrected chi connectivity index (χ1v) is 7.24. The average Bonchev–Trinajstić information content (AvgIpc) is 2.25. The molecule has 4 atom stereocenters. The lowest BCUT2D eigenvalue weighted by Crippen LogP contribution is -2.59. The third-order valence-electron chi connectivity index (χ3n) is 3.95. The number of nitrogens with zero attached hydrogens (tertiary/aromatic N) is 2. The minimum atomic E-state index is 0.340. The summed E-state index contributed by atoms with van der Waals surface area (Å²) in [5.74, 6) is 0. The molecule has 0 amide bonds. The zero-order valence-corrected chi connectivity index (χ0v) is 12.4. The molecule has 18 heavy (non-hydrogen) atoms. The van der Waals surface area contributed by atoms with Gasteiger partial charge in [-0.2, -0.15) is 0 Å². The van der Waals surface area contributed by atoms with Crippen molar-refractivity contribution in [1.82, 2.24) is 9.80 Å². The van der Waals surface area contributed by atoms with E-state index in [2.05, 4.69) is 44.4 Å². The summed E-state index contributed by atoms with van der Waals surface area (Å²) in [6, 6.07) is 0. The van der Waals surface area contributed by atoms with Crippen LogP contribution in [0.4, 0.5) is 0 Å². The van der Waals surface area contributed by atoms with Crippen LogP contribution >= 0.6 is 0 Å². The molecule has 0 aromatic carbocycles. The van der Waals surface area contributed by atoms with Gasteiger partial charge in [-0.15, -0.1) is 0 Å². The van der Waals surface area contributed by atoms with Crippen molar-refractivity contribution < 1.29 is 9.47 Å². The van der Waals surface area contributed by atoms with Crippen LogP contribution in [0, 0.1) is 0 Å². The van der Waals surface area contributed by atoms with Crippen molar-refractivity contribution in [3.8, 4) is 0 Å². The molecule has 2 rings (SSSR count). The van der Waals surface area contributed by atoms with Crippen molar-refractivity contribution >= 4 is 0 Å². The van der Waals surface area contributed by atoms with Gasteiger partial charge in [-0.1, -0.05) is 0 Å². The molecule has 2 aliphatic rings. The fourth-order valence-corrected chi connectivity index (χ4v) is 3.28. The maximum atomic E-state index is 5.81. The van der Waals surface area contributed by atoms with E-state index in [0.717, 1.165) is 26.2 Å². The summed E-state index contributed by atoms with van der Waals surface area (Å²) in [4.78, 5) is 5.09. The molecule has 0 bridgehead atoms. The lowest BCUT2D eigenvalue weighted by molar-refractivity contribution is -0.134. The van der Waals surface area contributed by atoms with Gasteiger partial charge in [0.1, 0.15) is 0 Å². The number of ether oxygens (including phenoxy) is 2. The zero-order valence-electron chi connectivity index (χ0n) is 12.4. The Morgan fingerprint density at radius 2 is 1.00 bits per heavy atom. The van der Waals surface area contributed by atoms with Crippen LogP contribution in [-0.4, -0.2) is 66.6 Å². The lowest BCUT2D eigenvalue weighted by Gasteiger charge is -2.46. The lowest BCUT2D eigenvalue weighted by atomic mass is 10.1. The van der Waals surface area contributed by atoms with E-state index in [1.165, 1.54) is 0 Å². The van der Waals surface area contributed by atoms with Gasteiger partial charge in [0.15, 0.2) is 0 Å². The van der Waals surface area contributed by atoms with Crippen molar-refractivity contribution in [2.24, 2.45) is 0 Å². The van der Waals surface area contributed by atoms with E-state index >= 15 is 0 Å². The molecule has 2 fully saturated rings. The molecule has 0 radical (unpaired) electrons. The van der Waals surface area contributed by atoms with Gasteiger partial charge in [-0.3, -0.25) is 9.80 Å². The third-order valence-corrected chi connectivity index (χ3v) is 3.95. The van der Waals surface area contributed by atoms with Gasteiger partial charge in [0.05, 0.1) is 30.6 Å². The van der Waals surface area contributed by atoms with Crippen LogP contribution in [0.15, 0.2) is 0 Å². The van der Waals surface area contributed by atoms with Crippen LogP contribution < -0.4 is 0 Å². The van der Waals surface area contributed by atoms with Gasteiger partial charge in [0.25, 0.3) is 0 Å². The summed E-state index contributed by atoms with van der Waals surface area (Å²) in [5, 5.41) is 0. The molecule has 4 unspecified atom stereocenters. The molecule has 0 spiro atoms. The summed E-state index contributed by atoms with van der Waals surface area (Å²) >= 11 is 0. The van der Waals surface area contributed by atoms with E-state index in [9.17, 15) is 0 Å². The van der Waals surface area contributed by atoms with E-state index in [0.29, 0.717) is 30.6 Å². The molecule has 2 aliphatic heterocycles. The fraction of sp³-hybridized carbons (Fsp3) is 1.00. The number of morpholine rings is 2. The van der Waals surface area contributed by atoms with E-state index in [1.54, 1.807) is 0 Å². The molecule has 4 heteroatoms. The standard InChI is InChI=1S/C14H28N2O2/c1-10-6-15(7-11(2)17-10)14(5)16-8-12(3)18-13(4)9-16/h10-14H,6-9H2,1-5H3. The van der Waals surface area contributed by atoms with E-state index < -0.39 is 0 Å². The second-order valence-electron chi connectivity index (χ2n) is 6.05. The van der Waals surface area contributed by atoms with E-state index in [4.69, 9.17) is 9.47 Å². The fourth-order valence-electron chi connectivity index (χ4n) is 3.28. The van der Waals surface area contributed by atoms with Crippen LogP contribution in [0.5, 0.6) is 0 Å². The SMILES string of the molecule is CC1CN(C(C)N2CC(C)OC(C)C2)CC(C)O1. The maximum Gasteiger partial charge on any atom is 0.0678 e. The van der Waals surface area contributed by atoms with Crippen LogP contribution in [0.25, 0.3) is 0 Å². The molecule has 106 valence electrons. The van der Waals surface area contributed by atoms with Crippen molar-refractivity contribution in [1.29, 1.82) is 0 Å². The Hall–Kier alpha value is -0.160. The Bertz CT molecular complexity index is 229. The first-order valence-electron chi connectivity index (χ1n) is 7.24. The number of hydrogen-bond donors (Lipinski definition) is 0. The monoisotopic (exact) mass is 256 g/mol. The Morgan fingerprint density at radius 3 is 1.28 bits per heavy atom. The maximum absolute atomic E-state index is 5.81. The summed E-state index contributed by atoms with van der Waals surface area (Å²) in [6.07, 6.45) is 1.84. The quantitative estimate of drug-likeness (QED) is 0.748. The van der Waals surface area contributed by atoms with Gasteiger partial charge in [-0.25, -0.2) is 0 Å². The largest absolute Gasteiger partial charge is 0.373 e. The van der Waals surface area contributed by atoms with E-state index in [1.807, 2.05) is 0 Å². The molecule has 0 aromatic rings. The summed E-state index contributed by atoms with van der Waals surface area (Å²) in [5.41, 5.74) is 0. The number of hydrogen-bond acceptors (Lipinski definition) is 4. The van der Waals surface area contributed by atoms with Gasteiger partial charge >= 0.3 is 0 Å². The van der Waals surface area contributed by atoms with Gasteiger partial charge in [0.2, 0.25) is 0 Å². The molecular formula is C14H28N2O2. The normalized spacial score (nSPS) is 41.8. The minimum Gasteiger partial charge on any atom is -0.373 e. The Balaban J connectivity index is 1.95. The smallest absolute Gasteiger partial charge is 0.0678 e. The summed E-state index contributed by atoms with van der Waals surface area (Å²) in [7, 11) is 0. The van der Waals surface area contributed by atoms with Gasteiger partial charge in [-0.05, 0) is 34.6 Å². The van der Waals surface area contributed by atoms with Crippen LogP contribution in [0.1, 0.15) is 34.6 Å². The molecule has 0 aromatic heterocycles. The zero-order chi connectivity index (χ0) is 13.3. The molecule has 4 nitrogen and oxygen atoms in total. The highest BCUT2D eigenvalue weighted by atomic mass is 16.5. The van der Waals surface area contributed by atoms with Crippen molar-refractivity contribution in [2.75, 3.05) is 26.2 Å². The molecule has 2 saturated heterocycles. The third kappa shape index (κ3) is 3.44. The van der Waals surface area contributed by atoms with E-state index in [-0.39, 0.29) is 0 Å². The summed E-state index contributed by atoms with van der Waals surface area (Å²) < 4.78 is 11.6. The predicted octanol–water partition coefficient (Wildman–Crippen LogP) is 1.55. The highest BCUT2D eigenvalue weighted by Crippen LogP contribution is 2.19. The van der Waals surface area contributed by atoms with Crippen molar-refractivity contribution in [3.05, 3.63) is 0 Å². The highest BCUT2D eigenvalue weighted by Gasteiger charge is 2.32. The number of rotatable bonds is 2. The summed E-state index contributed by atoms with van der Waals surface area (Å²) in [6.45, 7) is 15.1. The molecule has 0 aliphatic carbocycles. The minimum absolute atomic E-state index is 0.340. The molecular weight excluding hydrogens is 228 g/mol. The average molecular weight is 256 g/mol. The molecule has 0 saturated carbocycles. The van der Waals surface area contributed by atoms with Crippen LogP contribution in [0.2, 0.25) is 0 Å². The topological polar surface area (TPSA) is 24.9 Å². The van der Waals surface area contributed by atoms with Gasteiger partial charge < -0.3 is 9.47 Å². The van der Waals surface area contributed by atoms with Crippen molar-refractivity contribution in [2.45, 2.75) is 65.2 Å². The molecule has 0 N–H and O–H groups in total.